The van der Waals surface area contributed by atoms with Crippen molar-refractivity contribution in [2.75, 3.05) is 49.2 Å². The lowest BCUT2D eigenvalue weighted by molar-refractivity contribution is 0.208. The van der Waals surface area contributed by atoms with Crippen molar-refractivity contribution in [2.24, 2.45) is 0 Å². The van der Waals surface area contributed by atoms with Crippen LogP contribution in [-0.2, 0) is 0 Å². The van der Waals surface area contributed by atoms with E-state index in [9.17, 15) is 9.18 Å². The van der Waals surface area contributed by atoms with Crippen LogP contribution >= 0.6 is 11.3 Å². The van der Waals surface area contributed by atoms with E-state index in [1.807, 2.05) is 5.38 Å². The number of nitrogens with zero attached hydrogens (tertiary/aromatic N) is 4. The predicted octanol–water partition coefficient (Wildman–Crippen LogP) is 4.44. The highest BCUT2D eigenvalue weighted by atomic mass is 32.1. The van der Waals surface area contributed by atoms with Crippen LogP contribution in [-0.4, -0.2) is 54.2 Å². The van der Waals surface area contributed by atoms with E-state index in [1.165, 1.54) is 23.5 Å². The molecular weight excluding hydrogens is 455 g/mol. The molecule has 34 heavy (non-hydrogen) atoms. The predicted molar refractivity (Wildman–Crippen MR) is 133 cm³/mol. The molecule has 3 heterocycles. The molecule has 0 aliphatic carbocycles. The molecule has 8 nitrogen and oxygen atoms in total. The molecule has 1 aliphatic rings. The van der Waals surface area contributed by atoms with Crippen LogP contribution in [0.4, 0.5) is 26.6 Å². The van der Waals surface area contributed by atoms with Crippen molar-refractivity contribution < 1.29 is 13.9 Å². The van der Waals surface area contributed by atoms with Gasteiger partial charge in [-0.3, -0.25) is 0 Å². The Balaban J connectivity index is 1.34. The minimum absolute atomic E-state index is 0.153. The topological polar surface area (TPSA) is 96.6 Å². The van der Waals surface area contributed by atoms with E-state index in [1.54, 1.807) is 48.4 Å². The summed E-state index contributed by atoms with van der Waals surface area (Å²) in [4.78, 5) is 26.4. The van der Waals surface area contributed by atoms with E-state index in [2.05, 4.69) is 20.2 Å². The van der Waals surface area contributed by atoms with Crippen LogP contribution in [0.15, 0.2) is 53.9 Å². The summed E-state index contributed by atoms with van der Waals surface area (Å²) < 4.78 is 18.6. The van der Waals surface area contributed by atoms with Crippen molar-refractivity contribution in [3.05, 3.63) is 59.7 Å². The minimum atomic E-state index is -0.284. The summed E-state index contributed by atoms with van der Waals surface area (Å²) in [7, 11) is 1.60. The molecule has 0 atom stereocenters. The number of halogens is 1. The average molecular weight is 479 g/mol. The molecule has 0 unspecified atom stereocenters. The number of nitrogens with one attached hydrogen (secondary N) is 1. The summed E-state index contributed by atoms with van der Waals surface area (Å²) >= 11 is 1.48. The smallest absolute Gasteiger partial charge is 0.321 e. The molecule has 2 aromatic carbocycles. The van der Waals surface area contributed by atoms with Crippen molar-refractivity contribution in [1.82, 2.24) is 14.9 Å². The number of ether oxygens (including phenoxy) is 1. The van der Waals surface area contributed by atoms with E-state index in [0.717, 1.165) is 32.9 Å². The number of carbonyl (C=O) groups is 1. The number of hydrogen-bond acceptors (Lipinski definition) is 7. The molecule has 4 aromatic rings. The standard InChI is InChI=1S/C24H23FN6O2S/c1-33-18-8-6-17(7-9-18)27-24(32)31-12-10-30(11-13-31)21-20-19(15-2-4-16(25)5-3-15)14-34-22(20)29-23(26)28-21/h2-9,14H,10-13H2,1H3,(H,27,32)(H2,26,28,29). The monoisotopic (exact) mass is 478 g/mol. The molecule has 3 N–H and O–H groups in total. The molecule has 174 valence electrons. The van der Waals surface area contributed by atoms with Gasteiger partial charge < -0.3 is 25.6 Å². The maximum absolute atomic E-state index is 13.4. The molecule has 5 rings (SSSR count). The zero-order valence-corrected chi connectivity index (χ0v) is 19.3. The van der Waals surface area contributed by atoms with Crippen LogP contribution in [0.1, 0.15) is 0 Å². The number of urea groups is 1. The first-order valence-corrected chi connectivity index (χ1v) is 11.7. The third-order valence-corrected chi connectivity index (χ3v) is 6.67. The van der Waals surface area contributed by atoms with Gasteiger partial charge in [-0.2, -0.15) is 4.98 Å². The van der Waals surface area contributed by atoms with Crippen LogP contribution in [0.2, 0.25) is 0 Å². The Kier molecular flexibility index (Phi) is 5.89. The molecule has 2 aromatic heterocycles. The van der Waals surface area contributed by atoms with Crippen molar-refractivity contribution in [3.63, 3.8) is 0 Å². The summed E-state index contributed by atoms with van der Waals surface area (Å²) in [6.07, 6.45) is 0. The van der Waals surface area contributed by atoms with E-state index < -0.39 is 0 Å². The highest BCUT2D eigenvalue weighted by molar-refractivity contribution is 7.17. The molecular formula is C24H23FN6O2S. The first-order chi connectivity index (χ1) is 16.5. The summed E-state index contributed by atoms with van der Waals surface area (Å²) in [5.74, 6) is 1.39. The number of nitrogen functional groups attached to an aromatic ring is 1. The Morgan fingerprint density at radius 1 is 1.06 bits per heavy atom. The van der Waals surface area contributed by atoms with Gasteiger partial charge >= 0.3 is 6.03 Å². The number of fused-ring (bicyclic) bond motifs is 1. The molecule has 1 fully saturated rings. The number of thiophene rings is 1. The summed E-state index contributed by atoms with van der Waals surface area (Å²) in [5.41, 5.74) is 8.54. The number of methoxy groups -OCH3 is 1. The SMILES string of the molecule is COc1ccc(NC(=O)N2CCN(c3nc(N)nc4scc(-c5ccc(F)cc5)c34)CC2)cc1. The Bertz CT molecular complexity index is 1320. The number of amides is 2. The molecule has 0 bridgehead atoms. The van der Waals surface area contributed by atoms with Gasteiger partial charge in [-0.05, 0) is 42.0 Å². The third kappa shape index (κ3) is 4.32. The van der Waals surface area contributed by atoms with Gasteiger partial charge in [0.25, 0.3) is 0 Å². The second kappa shape index (κ2) is 9.14. The lowest BCUT2D eigenvalue weighted by Crippen LogP contribution is -2.50. The summed E-state index contributed by atoms with van der Waals surface area (Å²) in [6, 6.07) is 13.4. The van der Waals surface area contributed by atoms with E-state index >= 15 is 0 Å². The number of hydrogen-bond donors (Lipinski definition) is 2. The fourth-order valence-electron chi connectivity index (χ4n) is 4.01. The molecule has 1 saturated heterocycles. The number of carbonyl (C=O) groups excluding carboxylic acids is 1. The number of aromatic nitrogens is 2. The molecule has 2 amide bonds. The molecule has 10 heteroatoms. The Labute approximate surface area is 199 Å². The Morgan fingerprint density at radius 2 is 1.76 bits per heavy atom. The molecule has 0 radical (unpaired) electrons. The van der Waals surface area contributed by atoms with Gasteiger partial charge in [-0.15, -0.1) is 11.3 Å². The number of benzene rings is 2. The highest BCUT2D eigenvalue weighted by Gasteiger charge is 2.25. The van der Waals surface area contributed by atoms with Gasteiger partial charge in [0.2, 0.25) is 5.95 Å². The van der Waals surface area contributed by atoms with Gasteiger partial charge in [0.1, 0.15) is 22.2 Å². The molecule has 0 saturated carbocycles. The first kappa shape index (κ1) is 21.9. The number of nitrogens with two attached hydrogens (primary N) is 1. The molecule has 1 aliphatic heterocycles. The Morgan fingerprint density at radius 3 is 2.44 bits per heavy atom. The van der Waals surface area contributed by atoms with E-state index in [0.29, 0.717) is 31.9 Å². The lowest BCUT2D eigenvalue weighted by Gasteiger charge is -2.35. The zero-order chi connectivity index (χ0) is 23.7. The van der Waals surface area contributed by atoms with Gasteiger partial charge in [-0.25, -0.2) is 14.2 Å². The Hall–Kier alpha value is -3.92. The van der Waals surface area contributed by atoms with Crippen LogP contribution in [0, 0.1) is 5.82 Å². The maximum Gasteiger partial charge on any atom is 0.321 e. The second-order valence-electron chi connectivity index (χ2n) is 7.87. The third-order valence-electron chi connectivity index (χ3n) is 5.79. The van der Waals surface area contributed by atoms with Crippen LogP contribution < -0.4 is 20.7 Å². The number of rotatable bonds is 4. The van der Waals surface area contributed by atoms with Gasteiger partial charge in [0.05, 0.1) is 12.5 Å². The fourth-order valence-corrected chi connectivity index (χ4v) is 4.96. The normalized spacial score (nSPS) is 13.8. The number of piperazine rings is 1. The van der Waals surface area contributed by atoms with Crippen molar-refractivity contribution in [3.8, 4) is 16.9 Å². The summed E-state index contributed by atoms with van der Waals surface area (Å²) in [5, 5.41) is 5.81. The lowest BCUT2D eigenvalue weighted by atomic mass is 10.1. The summed E-state index contributed by atoms with van der Waals surface area (Å²) in [6.45, 7) is 2.26. The van der Waals surface area contributed by atoms with Crippen LogP contribution in [0.5, 0.6) is 5.75 Å². The maximum atomic E-state index is 13.4. The molecule has 0 spiro atoms. The first-order valence-electron chi connectivity index (χ1n) is 10.8. The quantitative estimate of drug-likeness (QED) is 0.450. The van der Waals surface area contributed by atoms with E-state index in [4.69, 9.17) is 10.5 Å². The minimum Gasteiger partial charge on any atom is -0.497 e. The second-order valence-corrected chi connectivity index (χ2v) is 8.73. The van der Waals surface area contributed by atoms with Gasteiger partial charge in [0, 0.05) is 42.8 Å². The highest BCUT2D eigenvalue weighted by Crippen LogP contribution is 2.39. The zero-order valence-electron chi connectivity index (χ0n) is 18.5. The number of anilines is 3. The average Bonchev–Trinajstić information content (AvgIpc) is 3.28. The van der Waals surface area contributed by atoms with Crippen LogP contribution in [0.3, 0.4) is 0 Å². The van der Waals surface area contributed by atoms with E-state index in [-0.39, 0.29) is 17.8 Å². The van der Waals surface area contributed by atoms with Crippen LogP contribution in [0.25, 0.3) is 21.3 Å². The van der Waals surface area contributed by atoms with Crippen molar-refractivity contribution in [1.29, 1.82) is 0 Å². The largest absolute Gasteiger partial charge is 0.497 e. The van der Waals surface area contributed by atoms with Crippen molar-refractivity contribution >= 4 is 45.0 Å². The van der Waals surface area contributed by atoms with Gasteiger partial charge in [0.15, 0.2) is 0 Å². The van der Waals surface area contributed by atoms with Gasteiger partial charge in [-0.1, -0.05) is 12.1 Å². The van der Waals surface area contributed by atoms with Crippen molar-refractivity contribution in [2.45, 2.75) is 0 Å². The fraction of sp³-hybridized carbons (Fsp3) is 0.208.